The molecule has 0 radical (unpaired) electrons. The summed E-state index contributed by atoms with van der Waals surface area (Å²) in [6.07, 6.45) is 5.08. The first-order chi connectivity index (χ1) is 7.09. The molecule has 0 bridgehead atoms. The Morgan fingerprint density at radius 2 is 2.13 bits per heavy atom. The number of primary amides is 1. The average molecular weight is 213 g/mol. The smallest absolute Gasteiger partial charge is 0.220 e. The van der Waals surface area contributed by atoms with Crippen LogP contribution in [0.3, 0.4) is 0 Å². The molecule has 0 aromatic heterocycles. The van der Waals surface area contributed by atoms with E-state index in [-0.39, 0.29) is 11.8 Å². The van der Waals surface area contributed by atoms with Crippen LogP contribution < -0.4 is 5.73 Å². The van der Waals surface area contributed by atoms with Gasteiger partial charge in [0.1, 0.15) is 0 Å². The van der Waals surface area contributed by atoms with Crippen LogP contribution in [0.5, 0.6) is 0 Å². The van der Waals surface area contributed by atoms with Gasteiger partial charge in [-0.2, -0.15) is 0 Å². The first kappa shape index (κ1) is 12.5. The second-order valence-corrected chi connectivity index (χ2v) is 4.61. The summed E-state index contributed by atoms with van der Waals surface area (Å²) in [7, 11) is 0. The van der Waals surface area contributed by atoms with Crippen molar-refractivity contribution in [2.45, 2.75) is 39.0 Å². The van der Waals surface area contributed by atoms with Gasteiger partial charge in [-0.3, -0.25) is 4.79 Å². The number of amides is 1. The highest BCUT2D eigenvalue weighted by Crippen LogP contribution is 2.23. The maximum atomic E-state index is 10.9. The molecule has 0 spiro atoms. The Balaban J connectivity index is 2.07. The zero-order chi connectivity index (χ0) is 11.3. The maximum absolute atomic E-state index is 10.9. The molecule has 1 fully saturated rings. The molecule has 1 rings (SSSR count). The fourth-order valence-electron chi connectivity index (χ4n) is 2.05. The van der Waals surface area contributed by atoms with Crippen molar-refractivity contribution in [3.8, 4) is 0 Å². The molecule has 4 nitrogen and oxygen atoms in total. The van der Waals surface area contributed by atoms with E-state index in [9.17, 15) is 10.0 Å². The number of rotatable bonds is 5. The van der Waals surface area contributed by atoms with E-state index < -0.39 is 0 Å². The predicted molar refractivity (Wildman–Crippen MR) is 59.9 cm³/mol. The number of carbonyl (C=O) groups is 1. The first-order valence-electron chi connectivity index (χ1n) is 5.81. The third-order valence-electron chi connectivity index (χ3n) is 3.31. The molecule has 0 aromatic carbocycles. The van der Waals surface area contributed by atoms with Crippen LogP contribution in [0.25, 0.3) is 0 Å². The number of hydrogen-bond donors (Lipinski definition) is 1. The van der Waals surface area contributed by atoms with Gasteiger partial charge in [0.05, 0.1) is 0 Å². The molecular weight excluding hydrogens is 192 g/mol. The van der Waals surface area contributed by atoms with E-state index >= 15 is 0 Å². The lowest BCUT2D eigenvalue weighted by Gasteiger charge is -2.36. The number of nitrogens with zero attached hydrogens (tertiary/aromatic N) is 1. The number of hydroxylamine groups is 2. The molecule has 1 aliphatic heterocycles. The summed E-state index contributed by atoms with van der Waals surface area (Å²) in [5, 5.41) is 12.1. The van der Waals surface area contributed by atoms with Crippen molar-refractivity contribution in [1.29, 1.82) is 0 Å². The highest BCUT2D eigenvalue weighted by Gasteiger charge is 2.15. The minimum atomic E-state index is -0.204. The van der Waals surface area contributed by atoms with Gasteiger partial charge in [0.15, 0.2) is 0 Å². The quantitative estimate of drug-likeness (QED) is 0.752. The van der Waals surface area contributed by atoms with Gasteiger partial charge in [-0.05, 0) is 38.3 Å². The lowest BCUT2D eigenvalue weighted by molar-refractivity contribution is -0.121. The summed E-state index contributed by atoms with van der Waals surface area (Å²) in [5.74, 6) is 0.462. The second kappa shape index (κ2) is 6.08. The summed E-state index contributed by atoms with van der Waals surface area (Å²) in [4.78, 5) is 10.8. The minimum Gasteiger partial charge on any atom is -0.785 e. The predicted octanol–water partition coefficient (Wildman–Crippen LogP) is 1.49. The van der Waals surface area contributed by atoms with Gasteiger partial charge in [-0.1, -0.05) is 19.8 Å². The van der Waals surface area contributed by atoms with E-state index in [1.54, 1.807) is 0 Å². The normalized spacial score (nSPS) is 21.5. The molecule has 1 unspecified atom stereocenters. The van der Waals surface area contributed by atoms with Gasteiger partial charge in [0, 0.05) is 5.92 Å². The number of nitrogens with two attached hydrogens (primary N) is 1. The summed E-state index contributed by atoms with van der Waals surface area (Å²) in [5.41, 5.74) is 5.19. The fraction of sp³-hybridized carbons (Fsp3) is 0.909. The van der Waals surface area contributed by atoms with Crippen LogP contribution in [0, 0.1) is 17.0 Å². The van der Waals surface area contributed by atoms with Crippen LogP contribution in [0.15, 0.2) is 0 Å². The molecule has 0 saturated carbocycles. The molecule has 1 aliphatic rings. The van der Waals surface area contributed by atoms with Gasteiger partial charge in [0.2, 0.25) is 5.91 Å². The summed E-state index contributed by atoms with van der Waals surface area (Å²) in [6.45, 7) is 3.23. The molecule has 1 atom stereocenters. The topological polar surface area (TPSA) is 69.4 Å². The molecule has 1 amide bonds. The third-order valence-corrected chi connectivity index (χ3v) is 3.31. The molecular formula is C11H21N2O2-. The van der Waals surface area contributed by atoms with Gasteiger partial charge >= 0.3 is 0 Å². The monoisotopic (exact) mass is 213 g/mol. The van der Waals surface area contributed by atoms with Crippen LogP contribution >= 0.6 is 0 Å². The van der Waals surface area contributed by atoms with Crippen molar-refractivity contribution < 1.29 is 4.79 Å². The molecule has 2 N–H and O–H groups in total. The van der Waals surface area contributed by atoms with Crippen LogP contribution in [0.1, 0.15) is 39.0 Å². The Bertz CT molecular complexity index is 201. The molecule has 15 heavy (non-hydrogen) atoms. The van der Waals surface area contributed by atoms with E-state index in [2.05, 4.69) is 0 Å². The van der Waals surface area contributed by atoms with E-state index in [0.29, 0.717) is 19.0 Å². The minimum absolute atomic E-state index is 0.00963. The Kier molecular flexibility index (Phi) is 5.05. The number of hydrogen-bond acceptors (Lipinski definition) is 3. The van der Waals surface area contributed by atoms with E-state index in [4.69, 9.17) is 5.73 Å². The van der Waals surface area contributed by atoms with Crippen molar-refractivity contribution in [1.82, 2.24) is 5.06 Å². The average Bonchev–Trinajstić information content (AvgIpc) is 2.20. The molecule has 0 aliphatic carbocycles. The third kappa shape index (κ3) is 4.62. The van der Waals surface area contributed by atoms with Gasteiger partial charge < -0.3 is 16.0 Å². The largest absolute Gasteiger partial charge is 0.785 e. The molecule has 4 heteroatoms. The van der Waals surface area contributed by atoms with Crippen LogP contribution in [-0.2, 0) is 4.79 Å². The van der Waals surface area contributed by atoms with Gasteiger partial charge in [-0.15, -0.1) is 0 Å². The summed E-state index contributed by atoms with van der Waals surface area (Å²) in [6, 6.07) is 0. The zero-order valence-corrected chi connectivity index (χ0v) is 9.45. The summed E-state index contributed by atoms with van der Waals surface area (Å²) >= 11 is 0. The lowest BCUT2D eigenvalue weighted by atomic mass is 9.90. The van der Waals surface area contributed by atoms with Crippen molar-refractivity contribution in [3.05, 3.63) is 5.21 Å². The summed E-state index contributed by atoms with van der Waals surface area (Å²) < 4.78 is 0. The SMILES string of the molecule is CC(CCCC1CCN([O-])CC1)C(N)=O. The van der Waals surface area contributed by atoms with Crippen LogP contribution in [0.4, 0.5) is 0 Å². The van der Waals surface area contributed by atoms with Crippen molar-refractivity contribution >= 4 is 5.91 Å². The van der Waals surface area contributed by atoms with E-state index in [0.717, 1.165) is 37.2 Å². The standard InChI is InChI=1S/C11H21N2O2/c1-9(11(12)14)3-2-4-10-5-7-13(15)8-6-10/h9-10H,2-8H2,1H3,(H2,12,14)/q-1. The van der Waals surface area contributed by atoms with Gasteiger partial charge in [0.25, 0.3) is 0 Å². The molecule has 1 heterocycles. The highest BCUT2D eigenvalue weighted by molar-refractivity contribution is 5.76. The lowest BCUT2D eigenvalue weighted by Crippen LogP contribution is -2.29. The van der Waals surface area contributed by atoms with Crippen molar-refractivity contribution in [2.75, 3.05) is 13.1 Å². The number of carbonyl (C=O) groups excluding carboxylic acids is 1. The highest BCUT2D eigenvalue weighted by atomic mass is 16.5. The number of piperidine rings is 1. The van der Waals surface area contributed by atoms with E-state index in [1.807, 2.05) is 6.92 Å². The van der Waals surface area contributed by atoms with Crippen LogP contribution in [0.2, 0.25) is 0 Å². The zero-order valence-electron chi connectivity index (χ0n) is 9.45. The van der Waals surface area contributed by atoms with E-state index in [1.165, 1.54) is 0 Å². The van der Waals surface area contributed by atoms with Crippen LogP contribution in [-0.4, -0.2) is 24.1 Å². The Hall–Kier alpha value is -0.610. The molecule has 88 valence electrons. The Labute approximate surface area is 91.4 Å². The van der Waals surface area contributed by atoms with Gasteiger partial charge in [-0.25, -0.2) is 0 Å². The second-order valence-electron chi connectivity index (χ2n) is 4.61. The fourth-order valence-corrected chi connectivity index (χ4v) is 2.05. The molecule has 0 aromatic rings. The first-order valence-corrected chi connectivity index (χ1v) is 5.81. The van der Waals surface area contributed by atoms with Crippen molar-refractivity contribution in [3.63, 3.8) is 0 Å². The van der Waals surface area contributed by atoms with Crippen molar-refractivity contribution in [2.24, 2.45) is 17.6 Å². The Morgan fingerprint density at radius 1 is 1.53 bits per heavy atom. The maximum Gasteiger partial charge on any atom is 0.220 e. The molecule has 1 saturated heterocycles. The Morgan fingerprint density at radius 3 is 2.67 bits per heavy atom.